The second kappa shape index (κ2) is 2.37. The Hall–Kier alpha value is -1.77. The number of para-hydroxylation sites is 1. The Morgan fingerprint density at radius 1 is 1.17 bits per heavy atom. The molecule has 0 saturated carbocycles. The van der Waals surface area contributed by atoms with Gasteiger partial charge in [0.15, 0.2) is 5.78 Å². The van der Waals surface area contributed by atoms with Gasteiger partial charge in [-0.1, -0.05) is 12.1 Å². The van der Waals surface area contributed by atoms with E-state index in [9.17, 15) is 9.70 Å². The van der Waals surface area contributed by atoms with Gasteiger partial charge in [0.05, 0.1) is 16.4 Å². The molecule has 0 spiro atoms. The molecule has 3 heteroatoms. The summed E-state index contributed by atoms with van der Waals surface area (Å²) in [6.07, 6.45) is 2.50. The van der Waals surface area contributed by atoms with Crippen molar-refractivity contribution in [2.24, 2.45) is 0 Å². The first-order chi connectivity index (χ1) is 5.79. The van der Waals surface area contributed by atoms with Gasteiger partial charge in [0.25, 0.3) is 5.69 Å². The summed E-state index contributed by atoms with van der Waals surface area (Å²) in [7, 11) is 0. The number of carbonyl (C=O) groups excluding carboxylic acids is 1. The van der Waals surface area contributed by atoms with Crippen LogP contribution in [0.4, 0.5) is 5.69 Å². The molecule has 1 aromatic rings. The van der Waals surface area contributed by atoms with Gasteiger partial charge in [-0.05, 0) is 6.07 Å². The number of carbonyl (C=O) groups is 1. The quantitative estimate of drug-likeness (QED) is 0.542. The minimum absolute atomic E-state index is 0.113. The van der Waals surface area contributed by atoms with Crippen molar-refractivity contribution < 1.29 is 9.55 Å². The Balaban J connectivity index is 2.69. The molecule has 0 N–H and O–H groups in total. The van der Waals surface area contributed by atoms with Gasteiger partial charge in [-0.25, -0.2) is 0 Å². The van der Waals surface area contributed by atoms with Gasteiger partial charge in [-0.2, -0.15) is 0 Å². The summed E-state index contributed by atoms with van der Waals surface area (Å²) in [6, 6.07) is 6.75. The van der Waals surface area contributed by atoms with Gasteiger partial charge >= 0.3 is 0 Å². The molecule has 0 amide bonds. The maximum absolute atomic E-state index is 11.2. The van der Waals surface area contributed by atoms with Crippen LogP contribution in [0.15, 0.2) is 36.5 Å². The zero-order valence-corrected chi connectivity index (χ0v) is 6.23. The molecule has 3 nitrogen and oxygen atoms in total. The molecule has 0 aromatic heterocycles. The Morgan fingerprint density at radius 3 is 2.67 bits per heavy atom. The first kappa shape index (κ1) is 6.91. The van der Waals surface area contributed by atoms with E-state index in [2.05, 4.69) is 0 Å². The molecule has 1 heterocycles. The highest BCUT2D eigenvalue weighted by Gasteiger charge is 2.24. The van der Waals surface area contributed by atoms with Crippen molar-refractivity contribution in [3.05, 3.63) is 47.0 Å². The molecule has 0 fully saturated rings. The molecule has 1 aliphatic rings. The predicted molar refractivity (Wildman–Crippen MR) is 43.2 cm³/mol. The average molecular weight is 160 g/mol. The van der Waals surface area contributed by atoms with E-state index in [4.69, 9.17) is 0 Å². The molecule has 0 saturated heterocycles. The standard InChI is InChI=1S/C9H6NO2/c11-9-5-6-10(12)8-4-2-1-3-7(8)9/h1-6H/q+1. The van der Waals surface area contributed by atoms with E-state index in [1.165, 1.54) is 12.3 Å². The molecule has 0 atom stereocenters. The highest BCUT2D eigenvalue weighted by Crippen LogP contribution is 2.22. The van der Waals surface area contributed by atoms with E-state index in [1.807, 2.05) is 0 Å². The summed E-state index contributed by atoms with van der Waals surface area (Å²) in [4.78, 5) is 22.3. The molecular weight excluding hydrogens is 154 g/mol. The van der Waals surface area contributed by atoms with E-state index in [0.717, 1.165) is 0 Å². The Bertz CT molecular complexity index is 356. The number of hydrogen-bond acceptors (Lipinski definition) is 2. The third-order valence-corrected chi connectivity index (χ3v) is 1.77. The van der Waals surface area contributed by atoms with Crippen molar-refractivity contribution in [3.63, 3.8) is 0 Å². The second-order valence-electron chi connectivity index (χ2n) is 2.52. The van der Waals surface area contributed by atoms with Crippen LogP contribution in [-0.4, -0.2) is 10.5 Å². The zero-order chi connectivity index (χ0) is 8.55. The Labute approximate surface area is 68.9 Å². The predicted octanol–water partition coefficient (Wildman–Crippen LogP) is 1.81. The normalized spacial score (nSPS) is 14.7. The van der Waals surface area contributed by atoms with E-state index in [-0.39, 0.29) is 5.78 Å². The molecular formula is C9H6NO2+. The van der Waals surface area contributed by atoms with Crippen LogP contribution in [-0.2, 0) is 0 Å². The maximum atomic E-state index is 11.2. The minimum Gasteiger partial charge on any atom is -0.289 e. The highest BCUT2D eigenvalue weighted by molar-refractivity contribution is 6.08. The van der Waals surface area contributed by atoms with Gasteiger partial charge in [0.1, 0.15) is 0 Å². The lowest BCUT2D eigenvalue weighted by atomic mass is 10.1. The number of nitrogens with zero attached hydrogens (tertiary/aromatic N) is 1. The lowest BCUT2D eigenvalue weighted by molar-refractivity contribution is -0.385. The van der Waals surface area contributed by atoms with Crippen LogP contribution < -0.4 is 0 Å². The summed E-state index contributed by atoms with van der Waals surface area (Å²) in [5.74, 6) is -0.113. The summed E-state index contributed by atoms with van der Waals surface area (Å²) < 4.78 is 0.691. The number of ketones is 1. The van der Waals surface area contributed by atoms with Crippen molar-refractivity contribution in [3.8, 4) is 0 Å². The van der Waals surface area contributed by atoms with Crippen LogP contribution in [0.2, 0.25) is 0 Å². The molecule has 0 unspecified atom stereocenters. The molecule has 0 aliphatic carbocycles. The molecule has 0 bridgehead atoms. The van der Waals surface area contributed by atoms with Crippen molar-refractivity contribution in [2.75, 3.05) is 0 Å². The zero-order valence-electron chi connectivity index (χ0n) is 6.23. The number of nitroso groups, excluding NO2 is 1. The Kier molecular flexibility index (Phi) is 1.37. The lowest BCUT2D eigenvalue weighted by Crippen LogP contribution is -2.07. The molecule has 12 heavy (non-hydrogen) atoms. The fraction of sp³-hybridized carbons (Fsp3) is 0. The van der Waals surface area contributed by atoms with Crippen LogP contribution >= 0.6 is 0 Å². The van der Waals surface area contributed by atoms with Gasteiger partial charge in [-0.3, -0.25) is 4.79 Å². The SMILES string of the molecule is O=C1C=C[N+](=O)c2ccccc21. The van der Waals surface area contributed by atoms with Crippen LogP contribution in [0, 0.1) is 4.91 Å². The first-order valence-corrected chi connectivity index (χ1v) is 3.57. The van der Waals surface area contributed by atoms with Crippen molar-refractivity contribution >= 4 is 11.5 Å². The van der Waals surface area contributed by atoms with Gasteiger partial charge in [-0.15, -0.1) is 0 Å². The Morgan fingerprint density at radius 2 is 1.92 bits per heavy atom. The van der Waals surface area contributed by atoms with E-state index < -0.39 is 0 Å². The third kappa shape index (κ3) is 0.871. The number of allylic oxidation sites excluding steroid dienone is 1. The number of rotatable bonds is 0. The maximum Gasteiger partial charge on any atom is 0.273 e. The summed E-state index contributed by atoms with van der Waals surface area (Å²) in [5.41, 5.74) is 0.889. The molecule has 1 aromatic carbocycles. The van der Waals surface area contributed by atoms with Gasteiger partial charge in [0.2, 0.25) is 6.20 Å². The summed E-state index contributed by atoms with van der Waals surface area (Å²) in [6.45, 7) is 0. The van der Waals surface area contributed by atoms with Crippen molar-refractivity contribution in [2.45, 2.75) is 0 Å². The monoisotopic (exact) mass is 160 g/mol. The van der Waals surface area contributed by atoms with Crippen molar-refractivity contribution in [1.29, 1.82) is 0 Å². The van der Waals surface area contributed by atoms with Crippen LogP contribution in [0.25, 0.3) is 0 Å². The van der Waals surface area contributed by atoms with E-state index in [0.29, 0.717) is 16.0 Å². The molecule has 58 valence electrons. The fourth-order valence-electron chi connectivity index (χ4n) is 1.18. The topological polar surface area (TPSA) is 37.1 Å². The van der Waals surface area contributed by atoms with Crippen LogP contribution in [0.1, 0.15) is 10.4 Å². The summed E-state index contributed by atoms with van der Waals surface area (Å²) >= 11 is 0. The number of fused-ring (bicyclic) bond motifs is 1. The fourth-order valence-corrected chi connectivity index (χ4v) is 1.18. The lowest BCUT2D eigenvalue weighted by Gasteiger charge is -1.99. The number of hydrogen-bond donors (Lipinski definition) is 0. The average Bonchev–Trinajstić information content (AvgIpc) is 2.12. The summed E-state index contributed by atoms with van der Waals surface area (Å²) in [5, 5.41) is 0. The van der Waals surface area contributed by atoms with E-state index in [1.54, 1.807) is 24.3 Å². The second-order valence-corrected chi connectivity index (χ2v) is 2.52. The molecule has 1 aliphatic heterocycles. The van der Waals surface area contributed by atoms with Gasteiger partial charge in [0, 0.05) is 11.0 Å². The molecule has 0 radical (unpaired) electrons. The molecule has 2 rings (SSSR count). The smallest absolute Gasteiger partial charge is 0.273 e. The highest BCUT2D eigenvalue weighted by atomic mass is 16.3. The minimum atomic E-state index is -0.113. The van der Waals surface area contributed by atoms with E-state index >= 15 is 0 Å². The van der Waals surface area contributed by atoms with Gasteiger partial charge < -0.3 is 0 Å². The first-order valence-electron chi connectivity index (χ1n) is 3.57. The van der Waals surface area contributed by atoms with Crippen LogP contribution in [0.5, 0.6) is 0 Å². The van der Waals surface area contributed by atoms with Crippen LogP contribution in [0.3, 0.4) is 0 Å². The number of benzene rings is 1. The third-order valence-electron chi connectivity index (χ3n) is 1.77. The van der Waals surface area contributed by atoms with Crippen molar-refractivity contribution in [1.82, 2.24) is 0 Å². The largest absolute Gasteiger partial charge is 0.289 e.